The SMILES string of the molecule is O=C(Nc1ccc2c(c1)CCC2)[C@@H]1CC(=O)N(c2ccc(Cl)cc2)C1. The number of carbonyl (C=O) groups is 2. The van der Waals surface area contributed by atoms with Gasteiger partial charge in [0.1, 0.15) is 0 Å². The second-order valence-electron chi connectivity index (χ2n) is 6.71. The van der Waals surface area contributed by atoms with Crippen LogP contribution in [0.1, 0.15) is 24.0 Å². The molecule has 4 nitrogen and oxygen atoms in total. The molecule has 2 aliphatic rings. The molecule has 0 unspecified atom stereocenters. The normalized spacial score (nSPS) is 19.2. The van der Waals surface area contributed by atoms with Gasteiger partial charge < -0.3 is 10.2 Å². The summed E-state index contributed by atoms with van der Waals surface area (Å²) in [6.07, 6.45) is 3.61. The molecule has 25 heavy (non-hydrogen) atoms. The molecule has 1 heterocycles. The number of nitrogens with zero attached hydrogens (tertiary/aromatic N) is 1. The number of hydrogen-bond acceptors (Lipinski definition) is 2. The monoisotopic (exact) mass is 354 g/mol. The Kier molecular flexibility index (Phi) is 4.22. The molecule has 0 radical (unpaired) electrons. The zero-order chi connectivity index (χ0) is 17.4. The number of nitrogens with one attached hydrogen (secondary N) is 1. The summed E-state index contributed by atoms with van der Waals surface area (Å²) in [5.74, 6) is -0.462. The molecule has 1 N–H and O–H groups in total. The highest BCUT2D eigenvalue weighted by Crippen LogP contribution is 2.28. The van der Waals surface area contributed by atoms with Crippen LogP contribution in [0.25, 0.3) is 0 Å². The van der Waals surface area contributed by atoms with Crippen LogP contribution in [0.3, 0.4) is 0 Å². The summed E-state index contributed by atoms with van der Waals surface area (Å²) in [6, 6.07) is 13.2. The Labute approximate surface area is 151 Å². The summed E-state index contributed by atoms with van der Waals surface area (Å²) in [6.45, 7) is 0.400. The molecule has 0 saturated carbocycles. The summed E-state index contributed by atoms with van der Waals surface area (Å²) in [5, 5.41) is 3.60. The van der Waals surface area contributed by atoms with Gasteiger partial charge in [0, 0.05) is 29.4 Å². The van der Waals surface area contributed by atoms with Gasteiger partial charge in [-0.15, -0.1) is 0 Å². The fraction of sp³-hybridized carbons (Fsp3) is 0.300. The molecular weight excluding hydrogens is 336 g/mol. The van der Waals surface area contributed by atoms with E-state index < -0.39 is 0 Å². The highest BCUT2D eigenvalue weighted by Gasteiger charge is 2.35. The number of fused-ring (bicyclic) bond motifs is 1. The van der Waals surface area contributed by atoms with Gasteiger partial charge in [-0.2, -0.15) is 0 Å². The summed E-state index contributed by atoms with van der Waals surface area (Å²) >= 11 is 5.90. The van der Waals surface area contributed by atoms with E-state index in [2.05, 4.69) is 17.4 Å². The summed E-state index contributed by atoms with van der Waals surface area (Å²) in [5.41, 5.74) is 4.30. The van der Waals surface area contributed by atoms with Crippen molar-refractivity contribution >= 4 is 34.8 Å². The molecule has 1 aliphatic carbocycles. The Morgan fingerprint density at radius 2 is 1.84 bits per heavy atom. The number of benzene rings is 2. The number of aryl methyl sites for hydroxylation is 2. The van der Waals surface area contributed by atoms with E-state index in [-0.39, 0.29) is 24.2 Å². The average molecular weight is 355 g/mol. The van der Waals surface area contributed by atoms with Crippen molar-refractivity contribution in [3.05, 3.63) is 58.6 Å². The van der Waals surface area contributed by atoms with E-state index in [4.69, 9.17) is 11.6 Å². The second-order valence-corrected chi connectivity index (χ2v) is 7.14. The van der Waals surface area contributed by atoms with Crippen molar-refractivity contribution in [3.63, 3.8) is 0 Å². The van der Waals surface area contributed by atoms with Crippen LogP contribution >= 0.6 is 11.6 Å². The smallest absolute Gasteiger partial charge is 0.229 e. The first kappa shape index (κ1) is 16.2. The molecule has 1 fully saturated rings. The summed E-state index contributed by atoms with van der Waals surface area (Å²) < 4.78 is 0. The van der Waals surface area contributed by atoms with Crippen molar-refractivity contribution in [3.8, 4) is 0 Å². The highest BCUT2D eigenvalue weighted by atomic mass is 35.5. The minimum atomic E-state index is -0.337. The number of hydrogen-bond donors (Lipinski definition) is 1. The molecule has 1 atom stereocenters. The lowest BCUT2D eigenvalue weighted by Gasteiger charge is -2.17. The van der Waals surface area contributed by atoms with Crippen LogP contribution in [0.5, 0.6) is 0 Å². The molecule has 128 valence electrons. The van der Waals surface area contributed by atoms with Crippen LogP contribution in [-0.2, 0) is 22.4 Å². The summed E-state index contributed by atoms with van der Waals surface area (Å²) in [4.78, 5) is 26.5. The summed E-state index contributed by atoms with van der Waals surface area (Å²) in [7, 11) is 0. The quantitative estimate of drug-likeness (QED) is 0.910. The molecule has 5 heteroatoms. The maximum absolute atomic E-state index is 12.6. The molecule has 1 saturated heterocycles. The van der Waals surface area contributed by atoms with E-state index in [0.717, 1.165) is 24.2 Å². The molecule has 2 aromatic rings. The molecule has 0 spiro atoms. The Bertz CT molecular complexity index is 832. The highest BCUT2D eigenvalue weighted by molar-refractivity contribution is 6.30. The number of rotatable bonds is 3. The van der Waals surface area contributed by atoms with E-state index in [1.54, 1.807) is 29.2 Å². The van der Waals surface area contributed by atoms with Crippen LogP contribution in [-0.4, -0.2) is 18.4 Å². The third-order valence-electron chi connectivity index (χ3n) is 5.00. The van der Waals surface area contributed by atoms with Gasteiger partial charge in [0.2, 0.25) is 11.8 Å². The van der Waals surface area contributed by atoms with E-state index >= 15 is 0 Å². The number of halogens is 1. The third kappa shape index (κ3) is 3.27. The maximum Gasteiger partial charge on any atom is 0.229 e. The van der Waals surface area contributed by atoms with Crippen molar-refractivity contribution in [2.24, 2.45) is 5.92 Å². The van der Waals surface area contributed by atoms with Crippen LogP contribution in [0.15, 0.2) is 42.5 Å². The third-order valence-corrected chi connectivity index (χ3v) is 5.25. The van der Waals surface area contributed by atoms with Gasteiger partial charge in [-0.05, 0) is 66.8 Å². The first-order valence-electron chi connectivity index (χ1n) is 8.59. The van der Waals surface area contributed by atoms with Gasteiger partial charge in [-0.25, -0.2) is 0 Å². The van der Waals surface area contributed by atoms with E-state index in [1.165, 1.54) is 17.5 Å². The predicted molar refractivity (Wildman–Crippen MR) is 99.0 cm³/mol. The fourth-order valence-electron chi connectivity index (χ4n) is 3.65. The number of carbonyl (C=O) groups excluding carboxylic acids is 2. The zero-order valence-electron chi connectivity index (χ0n) is 13.8. The standard InChI is InChI=1S/C20H19ClN2O2/c21-16-5-8-18(9-6-16)23-12-15(11-19(23)24)20(25)22-17-7-4-13-2-1-3-14(13)10-17/h4-10,15H,1-3,11-12H2,(H,22,25)/t15-/m1/s1. The first-order chi connectivity index (χ1) is 12.1. The fourth-order valence-corrected chi connectivity index (χ4v) is 3.77. The second kappa shape index (κ2) is 6.52. The van der Waals surface area contributed by atoms with E-state index in [1.807, 2.05) is 6.07 Å². The lowest BCUT2D eigenvalue weighted by Crippen LogP contribution is -2.28. The van der Waals surface area contributed by atoms with Crippen molar-refractivity contribution < 1.29 is 9.59 Å². The van der Waals surface area contributed by atoms with Gasteiger partial charge in [-0.3, -0.25) is 9.59 Å². The molecule has 2 aromatic carbocycles. The average Bonchev–Trinajstić information content (AvgIpc) is 3.22. The number of amides is 2. The Morgan fingerprint density at radius 1 is 1.08 bits per heavy atom. The molecule has 2 amide bonds. The van der Waals surface area contributed by atoms with Crippen molar-refractivity contribution in [2.45, 2.75) is 25.7 Å². The Morgan fingerprint density at radius 3 is 2.64 bits per heavy atom. The van der Waals surface area contributed by atoms with E-state index in [0.29, 0.717) is 11.6 Å². The van der Waals surface area contributed by atoms with Crippen LogP contribution in [0.4, 0.5) is 11.4 Å². The Hall–Kier alpha value is -2.33. The van der Waals surface area contributed by atoms with Gasteiger partial charge in [0.05, 0.1) is 5.92 Å². The molecular formula is C20H19ClN2O2. The largest absolute Gasteiger partial charge is 0.326 e. The van der Waals surface area contributed by atoms with Crippen molar-refractivity contribution in [1.82, 2.24) is 0 Å². The van der Waals surface area contributed by atoms with Gasteiger partial charge in [0.25, 0.3) is 0 Å². The lowest BCUT2D eigenvalue weighted by atomic mass is 10.1. The van der Waals surface area contributed by atoms with Crippen molar-refractivity contribution in [2.75, 3.05) is 16.8 Å². The lowest BCUT2D eigenvalue weighted by molar-refractivity contribution is -0.122. The molecule has 0 bridgehead atoms. The van der Waals surface area contributed by atoms with Crippen LogP contribution in [0, 0.1) is 5.92 Å². The topological polar surface area (TPSA) is 49.4 Å². The van der Waals surface area contributed by atoms with Crippen LogP contribution < -0.4 is 10.2 Å². The molecule has 4 rings (SSSR count). The van der Waals surface area contributed by atoms with Gasteiger partial charge in [-0.1, -0.05) is 17.7 Å². The number of anilines is 2. The maximum atomic E-state index is 12.6. The van der Waals surface area contributed by atoms with Crippen LogP contribution in [0.2, 0.25) is 5.02 Å². The molecule has 1 aliphatic heterocycles. The van der Waals surface area contributed by atoms with Gasteiger partial charge >= 0.3 is 0 Å². The predicted octanol–water partition coefficient (Wildman–Crippen LogP) is 3.82. The zero-order valence-corrected chi connectivity index (χ0v) is 14.6. The van der Waals surface area contributed by atoms with E-state index in [9.17, 15) is 9.59 Å². The minimum absolute atomic E-state index is 0.0311. The first-order valence-corrected chi connectivity index (χ1v) is 8.96. The molecule has 0 aromatic heterocycles. The minimum Gasteiger partial charge on any atom is -0.326 e. The Balaban J connectivity index is 1.44. The van der Waals surface area contributed by atoms with Gasteiger partial charge in [0.15, 0.2) is 0 Å². The van der Waals surface area contributed by atoms with Crippen molar-refractivity contribution in [1.29, 1.82) is 0 Å².